The highest BCUT2D eigenvalue weighted by Gasteiger charge is 2.34. The molecular formula is C28H23N2O6+. The van der Waals surface area contributed by atoms with Gasteiger partial charge >= 0.3 is 11.9 Å². The third kappa shape index (κ3) is 4.07. The Morgan fingerprint density at radius 3 is 1.94 bits per heavy atom. The molecule has 8 nitrogen and oxygen atoms in total. The third-order valence-corrected chi connectivity index (χ3v) is 6.58. The van der Waals surface area contributed by atoms with Gasteiger partial charge in [-0.05, 0) is 29.8 Å². The number of aryl methyl sites for hydroxylation is 1. The Labute approximate surface area is 206 Å². The van der Waals surface area contributed by atoms with E-state index in [1.807, 2.05) is 60.1 Å². The summed E-state index contributed by atoms with van der Waals surface area (Å²) >= 11 is 0. The summed E-state index contributed by atoms with van der Waals surface area (Å²) in [4.78, 5) is 50.2. The second kappa shape index (κ2) is 9.22. The maximum Gasteiger partial charge on any atom is 0.345 e. The molecule has 180 valence electrons. The van der Waals surface area contributed by atoms with Gasteiger partial charge in [0.05, 0.1) is 22.3 Å². The highest BCUT2D eigenvalue weighted by atomic mass is 16.5. The number of fused-ring (bicyclic) bond motifs is 2. The molecule has 2 heterocycles. The number of likely N-dealkylation sites (tertiary alicyclic amines) is 1. The molecule has 8 heteroatoms. The van der Waals surface area contributed by atoms with E-state index in [9.17, 15) is 24.3 Å². The van der Waals surface area contributed by atoms with Crippen molar-refractivity contribution in [3.63, 3.8) is 0 Å². The Morgan fingerprint density at radius 1 is 0.889 bits per heavy atom. The van der Waals surface area contributed by atoms with Crippen molar-refractivity contribution >= 4 is 45.6 Å². The van der Waals surface area contributed by atoms with Gasteiger partial charge in [-0.15, -0.1) is 0 Å². The van der Waals surface area contributed by atoms with Crippen molar-refractivity contribution in [1.82, 2.24) is 4.90 Å². The number of pyridine rings is 1. The number of ether oxygens (including phenoxy) is 1. The largest absolute Gasteiger partial charge is 0.481 e. The van der Waals surface area contributed by atoms with Crippen LogP contribution in [0.25, 0.3) is 21.8 Å². The van der Waals surface area contributed by atoms with Crippen LogP contribution in [0.15, 0.2) is 72.8 Å². The molecule has 1 saturated heterocycles. The fraction of sp³-hybridized carbons (Fsp3) is 0.179. The standard InChI is InChI=1S/C28H22N2O6/c1-29-22-8-4-2-6-19(22)26(20-7-3-5-9-23(20)29)28(35)36-18-12-10-17(11-13-18)21(27(33)34)16-30-24(31)14-15-25(30)32/h2-13,21H,14-16H2,1H3/p+1. The Balaban J connectivity index is 1.44. The summed E-state index contributed by atoms with van der Waals surface area (Å²) in [5.74, 6) is -3.24. The molecule has 0 bridgehead atoms. The number of para-hydroxylation sites is 2. The van der Waals surface area contributed by atoms with E-state index in [1.54, 1.807) is 0 Å². The summed E-state index contributed by atoms with van der Waals surface area (Å²) < 4.78 is 7.73. The molecular weight excluding hydrogens is 460 g/mol. The summed E-state index contributed by atoms with van der Waals surface area (Å²) in [5, 5.41) is 11.2. The van der Waals surface area contributed by atoms with Crippen LogP contribution in [0.5, 0.6) is 5.75 Å². The summed E-state index contributed by atoms with van der Waals surface area (Å²) in [7, 11) is 1.95. The van der Waals surface area contributed by atoms with Crippen LogP contribution >= 0.6 is 0 Å². The van der Waals surface area contributed by atoms with Crippen LogP contribution < -0.4 is 9.30 Å². The van der Waals surface area contributed by atoms with Gasteiger partial charge in [-0.1, -0.05) is 36.4 Å². The summed E-state index contributed by atoms with van der Waals surface area (Å²) in [6.07, 6.45) is 0.196. The Bertz CT molecular complexity index is 1470. The van der Waals surface area contributed by atoms with Crippen LogP contribution in [-0.4, -0.2) is 40.3 Å². The molecule has 0 saturated carbocycles. The molecule has 36 heavy (non-hydrogen) atoms. The molecule has 1 fully saturated rings. The second-order valence-electron chi connectivity index (χ2n) is 8.72. The summed E-state index contributed by atoms with van der Waals surface area (Å²) in [5.41, 5.74) is 2.61. The number of esters is 1. The summed E-state index contributed by atoms with van der Waals surface area (Å²) in [6.45, 7) is -0.231. The van der Waals surface area contributed by atoms with Crippen LogP contribution in [0.3, 0.4) is 0 Å². The number of imide groups is 1. The van der Waals surface area contributed by atoms with Crippen molar-refractivity contribution in [3.8, 4) is 5.75 Å². The van der Waals surface area contributed by atoms with E-state index in [2.05, 4.69) is 0 Å². The molecule has 0 spiro atoms. The van der Waals surface area contributed by atoms with Crippen molar-refractivity contribution in [3.05, 3.63) is 83.9 Å². The Kier molecular flexibility index (Phi) is 5.93. The monoisotopic (exact) mass is 483 g/mol. The fourth-order valence-corrected chi connectivity index (χ4v) is 4.71. The van der Waals surface area contributed by atoms with E-state index in [0.717, 1.165) is 26.7 Å². The number of aliphatic carboxylic acids is 1. The molecule has 0 radical (unpaired) electrons. The first-order chi connectivity index (χ1) is 17.3. The molecule has 1 aromatic heterocycles. The molecule has 1 aliphatic heterocycles. The number of hydrogen-bond acceptors (Lipinski definition) is 5. The van der Waals surface area contributed by atoms with Gasteiger partial charge in [-0.3, -0.25) is 19.3 Å². The van der Waals surface area contributed by atoms with Crippen LogP contribution in [0.4, 0.5) is 0 Å². The van der Waals surface area contributed by atoms with Crippen molar-refractivity contribution < 1.29 is 33.6 Å². The molecule has 5 rings (SSSR count). The van der Waals surface area contributed by atoms with E-state index in [-0.39, 0.29) is 37.0 Å². The quantitative estimate of drug-likeness (QED) is 0.148. The van der Waals surface area contributed by atoms with Gasteiger partial charge in [0.15, 0.2) is 0 Å². The highest BCUT2D eigenvalue weighted by Crippen LogP contribution is 2.28. The van der Waals surface area contributed by atoms with Crippen molar-refractivity contribution in [2.45, 2.75) is 18.8 Å². The lowest BCUT2D eigenvalue weighted by Crippen LogP contribution is -2.35. The van der Waals surface area contributed by atoms with Crippen molar-refractivity contribution in [1.29, 1.82) is 0 Å². The van der Waals surface area contributed by atoms with Crippen LogP contribution in [0.1, 0.15) is 34.7 Å². The average Bonchev–Trinajstić information content (AvgIpc) is 3.20. The number of rotatable bonds is 6. The Morgan fingerprint density at radius 2 is 1.42 bits per heavy atom. The molecule has 3 aromatic carbocycles. The number of aromatic nitrogens is 1. The van der Waals surface area contributed by atoms with Crippen LogP contribution in [0.2, 0.25) is 0 Å². The first-order valence-electron chi connectivity index (χ1n) is 11.5. The van der Waals surface area contributed by atoms with Gasteiger partial charge in [-0.25, -0.2) is 4.79 Å². The van der Waals surface area contributed by atoms with Crippen LogP contribution in [-0.2, 0) is 21.4 Å². The molecule has 1 aliphatic rings. The zero-order valence-corrected chi connectivity index (χ0v) is 19.5. The third-order valence-electron chi connectivity index (χ3n) is 6.58. The summed E-state index contributed by atoms with van der Waals surface area (Å²) in [6, 6.07) is 21.3. The number of carbonyl (C=O) groups excluding carboxylic acids is 3. The molecule has 1 atom stereocenters. The predicted octanol–water partition coefficient (Wildman–Crippen LogP) is 3.35. The zero-order chi connectivity index (χ0) is 25.4. The van der Waals surface area contributed by atoms with Gasteiger partial charge < -0.3 is 9.84 Å². The van der Waals surface area contributed by atoms with Gasteiger partial charge in [0.1, 0.15) is 12.8 Å². The zero-order valence-electron chi connectivity index (χ0n) is 19.5. The molecule has 2 amide bonds. The normalized spacial score (nSPS) is 14.4. The minimum atomic E-state index is -1.15. The molecule has 1 unspecified atom stereocenters. The van der Waals surface area contributed by atoms with Gasteiger partial charge in [0.25, 0.3) is 0 Å². The highest BCUT2D eigenvalue weighted by molar-refractivity contribution is 6.13. The smallest absolute Gasteiger partial charge is 0.345 e. The SMILES string of the molecule is C[n+]1c2ccccc2c(C(=O)Oc2ccc(C(CN3C(=O)CCC3=O)C(=O)O)cc2)c2ccccc21. The molecule has 4 aromatic rings. The van der Waals surface area contributed by atoms with Gasteiger partial charge in [0, 0.05) is 31.5 Å². The lowest BCUT2D eigenvalue weighted by molar-refractivity contribution is -0.617. The maximum atomic E-state index is 13.4. The first kappa shape index (κ1) is 23.2. The lowest BCUT2D eigenvalue weighted by atomic mass is 9.98. The number of benzene rings is 3. The van der Waals surface area contributed by atoms with E-state index in [0.29, 0.717) is 11.1 Å². The van der Waals surface area contributed by atoms with E-state index in [1.165, 1.54) is 24.3 Å². The minimum absolute atomic E-state index is 0.0982. The number of carboxylic acid groups (broad SMARTS) is 1. The predicted molar refractivity (Wildman–Crippen MR) is 130 cm³/mol. The molecule has 1 N–H and O–H groups in total. The lowest BCUT2D eigenvalue weighted by Gasteiger charge is -2.20. The number of carbonyl (C=O) groups is 4. The van der Waals surface area contributed by atoms with Crippen molar-refractivity contribution in [2.24, 2.45) is 7.05 Å². The minimum Gasteiger partial charge on any atom is -0.481 e. The van der Waals surface area contributed by atoms with Crippen LogP contribution in [0, 0.1) is 0 Å². The van der Waals surface area contributed by atoms with Gasteiger partial charge in [-0.2, -0.15) is 4.57 Å². The number of nitrogens with zero attached hydrogens (tertiary/aromatic N) is 2. The number of hydrogen-bond donors (Lipinski definition) is 1. The second-order valence-corrected chi connectivity index (χ2v) is 8.72. The molecule has 0 aliphatic carbocycles. The first-order valence-corrected chi connectivity index (χ1v) is 11.5. The number of amides is 2. The topological polar surface area (TPSA) is 105 Å². The fourth-order valence-electron chi connectivity index (χ4n) is 4.71. The Hall–Kier alpha value is -4.59. The van der Waals surface area contributed by atoms with Gasteiger partial charge in [0.2, 0.25) is 22.8 Å². The average molecular weight is 484 g/mol. The van der Waals surface area contributed by atoms with E-state index >= 15 is 0 Å². The van der Waals surface area contributed by atoms with Crippen molar-refractivity contribution in [2.75, 3.05) is 6.54 Å². The van der Waals surface area contributed by atoms with E-state index < -0.39 is 17.9 Å². The maximum absolute atomic E-state index is 13.4. The van der Waals surface area contributed by atoms with E-state index in [4.69, 9.17) is 4.74 Å². The number of carboxylic acids is 1.